The molecule has 1 heterocycles. The summed E-state index contributed by atoms with van der Waals surface area (Å²) >= 11 is -0.826. The SMILES string of the molecule is CC(C)(C)C1=CC=C(C(C)(C)C)[N]1.[Cl][Zr][Cl]. The number of halogens is 2. The van der Waals surface area contributed by atoms with Crippen molar-refractivity contribution < 1.29 is 20.8 Å². The minimum atomic E-state index is -0.826. The van der Waals surface area contributed by atoms with E-state index in [1.54, 1.807) is 0 Å². The van der Waals surface area contributed by atoms with Gasteiger partial charge in [-0.05, 0) is 12.2 Å². The van der Waals surface area contributed by atoms with Crippen molar-refractivity contribution in [2.45, 2.75) is 41.5 Å². The van der Waals surface area contributed by atoms with Crippen LogP contribution in [-0.2, 0) is 20.8 Å². The summed E-state index contributed by atoms with van der Waals surface area (Å²) in [5.74, 6) is 0. The van der Waals surface area contributed by atoms with E-state index < -0.39 is 20.8 Å². The van der Waals surface area contributed by atoms with E-state index in [-0.39, 0.29) is 10.8 Å². The molecule has 0 aliphatic carbocycles. The predicted molar refractivity (Wildman–Crippen MR) is 68.9 cm³/mol. The summed E-state index contributed by atoms with van der Waals surface area (Å²) in [6.07, 6.45) is 4.28. The van der Waals surface area contributed by atoms with E-state index >= 15 is 0 Å². The number of allylic oxidation sites excluding steroid dienone is 4. The van der Waals surface area contributed by atoms with Gasteiger partial charge in [0.1, 0.15) is 0 Å². The van der Waals surface area contributed by atoms with Crippen LogP contribution in [0.2, 0.25) is 0 Å². The first-order chi connectivity index (χ1) is 7.12. The first-order valence-corrected chi connectivity index (χ1v) is 11.6. The molecule has 0 saturated carbocycles. The fraction of sp³-hybridized carbons (Fsp3) is 0.667. The molecule has 0 spiro atoms. The second kappa shape index (κ2) is 6.62. The fourth-order valence-electron chi connectivity index (χ4n) is 1.20. The standard InChI is InChI=1S/C12H20N.2ClH.Zr/c1-11(2,3)9-7-8-10(13-9)12(4,5)6;;;/h7-8H,1-6H3;2*1H;/q;;;+2/p-2. The Balaban J connectivity index is 0.000000673. The van der Waals surface area contributed by atoms with Gasteiger partial charge in [-0.1, -0.05) is 41.5 Å². The Morgan fingerprint density at radius 1 is 0.875 bits per heavy atom. The Bertz CT molecular complexity index is 254. The molecule has 0 aromatic carbocycles. The zero-order chi connectivity index (χ0) is 13.0. The van der Waals surface area contributed by atoms with E-state index in [1.165, 1.54) is 11.4 Å². The summed E-state index contributed by atoms with van der Waals surface area (Å²) in [5.41, 5.74) is 2.72. The molecule has 1 radical (unpaired) electrons. The molecule has 0 amide bonds. The first kappa shape index (κ1) is 16.7. The van der Waals surface area contributed by atoms with Gasteiger partial charge >= 0.3 is 37.9 Å². The molecule has 0 unspecified atom stereocenters. The number of hydrogen-bond donors (Lipinski definition) is 0. The normalized spacial score (nSPS) is 15.5. The van der Waals surface area contributed by atoms with Crippen molar-refractivity contribution in [2.75, 3.05) is 0 Å². The molecule has 0 aromatic rings. The van der Waals surface area contributed by atoms with Crippen LogP contribution in [0.4, 0.5) is 0 Å². The molecular weight excluding hydrogens is 320 g/mol. The van der Waals surface area contributed by atoms with E-state index in [0.717, 1.165) is 0 Å². The van der Waals surface area contributed by atoms with Crippen LogP contribution >= 0.6 is 17.0 Å². The van der Waals surface area contributed by atoms with Gasteiger partial charge in [0.25, 0.3) is 0 Å². The molecule has 0 N–H and O–H groups in total. The van der Waals surface area contributed by atoms with Crippen LogP contribution in [0.5, 0.6) is 0 Å². The van der Waals surface area contributed by atoms with E-state index in [0.29, 0.717) is 0 Å². The zero-order valence-electron chi connectivity index (χ0n) is 10.9. The maximum atomic E-state index is 4.93. The van der Waals surface area contributed by atoms with Crippen molar-refractivity contribution in [2.24, 2.45) is 10.8 Å². The van der Waals surface area contributed by atoms with Crippen molar-refractivity contribution in [3.05, 3.63) is 23.5 Å². The fourth-order valence-corrected chi connectivity index (χ4v) is 1.20. The summed E-state index contributed by atoms with van der Waals surface area (Å²) in [6, 6.07) is 0. The second-order valence-corrected chi connectivity index (χ2v) is 9.52. The molecule has 0 saturated heterocycles. The topological polar surface area (TPSA) is 14.1 Å². The molecule has 1 aliphatic heterocycles. The number of nitrogens with zero attached hydrogens (tertiary/aromatic N) is 1. The molecule has 1 aliphatic rings. The van der Waals surface area contributed by atoms with Gasteiger partial charge in [0, 0.05) is 22.2 Å². The average molecular weight is 340 g/mol. The quantitative estimate of drug-likeness (QED) is 0.599. The van der Waals surface area contributed by atoms with E-state index in [1.807, 2.05) is 0 Å². The maximum absolute atomic E-state index is 4.93. The summed E-state index contributed by atoms with van der Waals surface area (Å²) in [6.45, 7) is 13.2. The van der Waals surface area contributed by atoms with Gasteiger partial charge in [-0.2, -0.15) is 0 Å². The van der Waals surface area contributed by atoms with Crippen LogP contribution in [0.1, 0.15) is 41.5 Å². The van der Waals surface area contributed by atoms with Crippen molar-refractivity contribution in [1.82, 2.24) is 5.32 Å². The molecule has 16 heavy (non-hydrogen) atoms. The second-order valence-electron chi connectivity index (χ2n) is 5.79. The summed E-state index contributed by atoms with van der Waals surface area (Å²) in [7, 11) is 9.87. The molecule has 4 heteroatoms. The van der Waals surface area contributed by atoms with E-state index in [9.17, 15) is 0 Å². The molecular formula is C12H20Cl2NZr. The van der Waals surface area contributed by atoms with Gasteiger partial charge in [-0.3, -0.25) is 5.32 Å². The average Bonchev–Trinajstić information content (AvgIpc) is 2.49. The Morgan fingerprint density at radius 3 is 1.25 bits per heavy atom. The summed E-state index contributed by atoms with van der Waals surface area (Å²) < 4.78 is 0. The molecule has 0 fully saturated rings. The monoisotopic (exact) mass is 338 g/mol. The first-order valence-electron chi connectivity index (χ1n) is 5.24. The number of rotatable bonds is 0. The van der Waals surface area contributed by atoms with Crippen LogP contribution in [0.3, 0.4) is 0 Å². The van der Waals surface area contributed by atoms with Gasteiger partial charge in [0.2, 0.25) is 0 Å². The van der Waals surface area contributed by atoms with Crippen LogP contribution in [0.15, 0.2) is 23.5 Å². The Hall–Kier alpha value is 0.743. The van der Waals surface area contributed by atoms with E-state index in [4.69, 9.17) is 17.0 Å². The van der Waals surface area contributed by atoms with E-state index in [2.05, 4.69) is 59.0 Å². The van der Waals surface area contributed by atoms with Gasteiger partial charge < -0.3 is 0 Å². The Morgan fingerprint density at radius 2 is 1.12 bits per heavy atom. The van der Waals surface area contributed by atoms with Crippen molar-refractivity contribution in [3.63, 3.8) is 0 Å². The molecule has 91 valence electrons. The van der Waals surface area contributed by atoms with Crippen LogP contribution in [0, 0.1) is 10.8 Å². The van der Waals surface area contributed by atoms with Crippen molar-refractivity contribution in [3.8, 4) is 0 Å². The third kappa shape index (κ3) is 5.89. The zero-order valence-corrected chi connectivity index (χ0v) is 14.8. The van der Waals surface area contributed by atoms with Crippen LogP contribution in [-0.4, -0.2) is 0 Å². The molecule has 1 nitrogen and oxygen atoms in total. The Labute approximate surface area is 118 Å². The van der Waals surface area contributed by atoms with Crippen LogP contribution < -0.4 is 5.32 Å². The molecule has 0 aromatic heterocycles. The molecule has 0 atom stereocenters. The van der Waals surface area contributed by atoms with Gasteiger partial charge in [-0.25, -0.2) is 0 Å². The number of hydrogen-bond acceptors (Lipinski definition) is 0. The van der Waals surface area contributed by atoms with Gasteiger partial charge in [-0.15, -0.1) is 0 Å². The van der Waals surface area contributed by atoms with Crippen LogP contribution in [0.25, 0.3) is 0 Å². The summed E-state index contributed by atoms with van der Waals surface area (Å²) in [4.78, 5) is 0. The minimum absolute atomic E-state index is 0.170. The molecule has 1 rings (SSSR count). The third-order valence-corrected chi connectivity index (χ3v) is 2.18. The third-order valence-electron chi connectivity index (χ3n) is 2.18. The van der Waals surface area contributed by atoms with Gasteiger partial charge in [0.05, 0.1) is 0 Å². The van der Waals surface area contributed by atoms with Crippen molar-refractivity contribution in [1.29, 1.82) is 0 Å². The van der Waals surface area contributed by atoms with Gasteiger partial charge in [0.15, 0.2) is 0 Å². The molecule has 0 bridgehead atoms. The van der Waals surface area contributed by atoms with Crippen molar-refractivity contribution >= 4 is 17.0 Å². The predicted octanol–water partition coefficient (Wildman–Crippen LogP) is 4.84. The Kier molecular flexibility index (Phi) is 6.92. The summed E-state index contributed by atoms with van der Waals surface area (Å²) in [5, 5.41) is 4.65.